The number of imide groups is 1. The molecule has 1 aliphatic carbocycles. The van der Waals surface area contributed by atoms with E-state index in [-0.39, 0.29) is 151 Å². The van der Waals surface area contributed by atoms with Crippen LogP contribution in [0.4, 0.5) is 11.4 Å². The fourth-order valence-electron chi connectivity index (χ4n) is 11.6. The first-order valence-electron chi connectivity index (χ1n) is 28.4. The molecule has 1 unspecified atom stereocenters. The highest BCUT2D eigenvalue weighted by molar-refractivity contribution is 7.87. The van der Waals surface area contributed by atoms with Gasteiger partial charge in [-0.2, -0.15) is 46.7 Å². The van der Waals surface area contributed by atoms with Crippen molar-refractivity contribution in [3.05, 3.63) is 94.4 Å². The summed E-state index contributed by atoms with van der Waals surface area (Å²) in [7, 11) is -24.0. The van der Waals surface area contributed by atoms with Gasteiger partial charge in [0.2, 0.25) is 11.5 Å². The average molecular weight is 1390 g/mol. The molecule has 3 aliphatic heterocycles. The molecule has 4 aromatic rings. The van der Waals surface area contributed by atoms with Crippen LogP contribution in [-0.2, 0) is 114 Å². The van der Waals surface area contributed by atoms with Gasteiger partial charge in [0.1, 0.15) is 22.2 Å². The van der Waals surface area contributed by atoms with Crippen LogP contribution >= 0.6 is 0 Å². The molecule has 1 atom stereocenters. The van der Waals surface area contributed by atoms with E-state index in [1.54, 1.807) is 30.4 Å². The number of aliphatic hydroxyl groups is 1. The van der Waals surface area contributed by atoms with Gasteiger partial charge in [0, 0.05) is 78.2 Å². The van der Waals surface area contributed by atoms with Crippen LogP contribution in [0.15, 0.2) is 103 Å². The number of ketones is 1. The fraction of sp³-hybridized carbons (Fsp3) is 0.456. The van der Waals surface area contributed by atoms with E-state index in [4.69, 9.17) is 33.3 Å². The van der Waals surface area contributed by atoms with Gasteiger partial charge in [-0.1, -0.05) is 19.9 Å². The zero-order chi connectivity index (χ0) is 67.5. The summed E-state index contributed by atoms with van der Waals surface area (Å²) < 4.78 is 213. The SMILES string of the molecule is COCCOCCOCCOCCOCCOCC[N+]1=C(/C=C2\C(=O)C(/C=C3/N(CCCC(=O)ON4C(=O)CCC4=O)c4ccc5c(S(=O)(=O)O)cc(S(=O)(=O)O)cc5c4C3(C)C)=C2O)C(C)(CCCS(=O)(=O)O)c2c1ccc1c(S(=O)(=O)O)cc(S(=O)(=O)O)cc21. The van der Waals surface area contributed by atoms with E-state index in [1.807, 2.05) is 0 Å². The number of hydrogen-bond donors (Lipinski definition) is 6. The molecule has 35 heteroatoms. The van der Waals surface area contributed by atoms with E-state index < -0.39 is 123 Å². The first kappa shape index (κ1) is 71.3. The van der Waals surface area contributed by atoms with Crippen LogP contribution in [0.25, 0.3) is 21.5 Å². The van der Waals surface area contributed by atoms with Crippen LogP contribution in [0.5, 0.6) is 0 Å². The molecule has 0 aromatic heterocycles. The van der Waals surface area contributed by atoms with Gasteiger partial charge in [-0.3, -0.25) is 37.1 Å². The molecule has 6 N–H and O–H groups in total. The third kappa shape index (κ3) is 15.8. The number of benzene rings is 4. The average Bonchev–Trinajstić information content (AvgIpc) is 1.53. The van der Waals surface area contributed by atoms with E-state index in [2.05, 4.69) is 0 Å². The smallest absolute Gasteiger partial charge is 0.333 e. The summed E-state index contributed by atoms with van der Waals surface area (Å²) >= 11 is 0. The number of rotatable bonds is 33. The lowest BCUT2D eigenvalue weighted by atomic mass is 9.72. The summed E-state index contributed by atoms with van der Waals surface area (Å²) in [5.74, 6) is -4.81. The largest absolute Gasteiger partial charge is 0.506 e. The molecule has 92 heavy (non-hydrogen) atoms. The van der Waals surface area contributed by atoms with Crippen molar-refractivity contribution in [2.45, 2.75) is 89.7 Å². The quantitative estimate of drug-likeness (QED) is 0.0128. The Kier molecular flexibility index (Phi) is 21.9. The Morgan fingerprint density at radius 2 is 1.10 bits per heavy atom. The molecule has 0 spiro atoms. The molecule has 30 nitrogen and oxygen atoms in total. The van der Waals surface area contributed by atoms with Gasteiger partial charge in [0.15, 0.2) is 12.3 Å². The van der Waals surface area contributed by atoms with Crippen molar-refractivity contribution < 1.29 is 127 Å². The van der Waals surface area contributed by atoms with Crippen molar-refractivity contribution in [2.24, 2.45) is 0 Å². The Labute approximate surface area is 529 Å². The molecule has 2 amide bonds. The van der Waals surface area contributed by atoms with E-state index in [1.165, 1.54) is 43.3 Å². The monoisotopic (exact) mass is 1390 g/mol. The predicted molar refractivity (Wildman–Crippen MR) is 324 cm³/mol. The maximum Gasteiger partial charge on any atom is 0.333 e. The number of anilines is 1. The van der Waals surface area contributed by atoms with E-state index in [0.29, 0.717) is 50.2 Å². The third-order valence-corrected chi connectivity index (χ3v) is 20.0. The Morgan fingerprint density at radius 1 is 0.609 bits per heavy atom. The topological polar surface area (TPSA) is 434 Å². The van der Waals surface area contributed by atoms with Crippen LogP contribution in [-0.4, -0.2) is 208 Å². The lowest BCUT2D eigenvalue weighted by Crippen LogP contribution is -2.35. The molecule has 3 heterocycles. The van der Waals surface area contributed by atoms with E-state index in [0.717, 1.165) is 12.1 Å². The second-order valence-electron chi connectivity index (χ2n) is 22.3. The summed E-state index contributed by atoms with van der Waals surface area (Å²) in [4.78, 5) is 55.4. The summed E-state index contributed by atoms with van der Waals surface area (Å²) in [6, 6.07) is 8.32. The number of aliphatic hydroxyl groups excluding tert-OH is 1. The van der Waals surface area contributed by atoms with Gasteiger partial charge in [-0.25, -0.2) is 4.79 Å². The maximum atomic E-state index is 14.9. The highest BCUT2D eigenvalue weighted by atomic mass is 32.2. The highest BCUT2D eigenvalue weighted by Crippen LogP contribution is 2.54. The van der Waals surface area contributed by atoms with Gasteiger partial charge < -0.3 is 43.3 Å². The number of Topliss-reactive ketones (excluding diaryl/α,β-unsaturated/α-hetero) is 1. The Bertz CT molecular complexity index is 4350. The van der Waals surface area contributed by atoms with Crippen molar-refractivity contribution in [1.82, 2.24) is 5.06 Å². The van der Waals surface area contributed by atoms with Gasteiger partial charge in [0.25, 0.3) is 62.4 Å². The molecular formula is C57H68N3O27S5+. The van der Waals surface area contributed by atoms with Crippen LogP contribution < -0.4 is 4.90 Å². The number of amides is 2. The van der Waals surface area contributed by atoms with Gasteiger partial charge in [-0.05, 0) is 85.0 Å². The molecule has 502 valence electrons. The van der Waals surface area contributed by atoms with Crippen molar-refractivity contribution in [3.63, 3.8) is 0 Å². The Morgan fingerprint density at radius 3 is 1.58 bits per heavy atom. The molecule has 8 rings (SSSR count). The number of hydroxylamine groups is 2. The molecule has 4 aliphatic rings. The fourth-order valence-corrected chi connectivity index (χ4v) is 14.8. The molecule has 0 bridgehead atoms. The normalized spacial score (nSPS) is 18.8. The minimum atomic E-state index is -5.27. The van der Waals surface area contributed by atoms with Crippen LogP contribution in [0, 0.1) is 0 Å². The van der Waals surface area contributed by atoms with Gasteiger partial charge in [0.05, 0.1) is 98.2 Å². The second kappa shape index (κ2) is 28.2. The van der Waals surface area contributed by atoms with Crippen molar-refractivity contribution >= 4 is 113 Å². The third-order valence-electron chi connectivity index (χ3n) is 15.8. The van der Waals surface area contributed by atoms with Gasteiger partial charge in [-0.15, -0.1) is 5.06 Å². The van der Waals surface area contributed by atoms with Crippen molar-refractivity contribution in [1.29, 1.82) is 0 Å². The first-order valence-corrected chi connectivity index (χ1v) is 35.7. The zero-order valence-corrected chi connectivity index (χ0v) is 54.1. The minimum Gasteiger partial charge on any atom is -0.506 e. The summed E-state index contributed by atoms with van der Waals surface area (Å²) in [5.41, 5.74) is -2.94. The van der Waals surface area contributed by atoms with Crippen molar-refractivity contribution in [3.8, 4) is 0 Å². The van der Waals surface area contributed by atoms with E-state index in [9.17, 15) is 89.1 Å². The van der Waals surface area contributed by atoms with Crippen molar-refractivity contribution in [2.75, 3.05) is 104 Å². The Hall–Kier alpha value is -6.52. The number of fused-ring (bicyclic) bond motifs is 6. The number of ether oxygens (including phenoxy) is 6. The van der Waals surface area contributed by atoms with E-state index >= 15 is 0 Å². The second-order valence-corrected chi connectivity index (χ2v) is 29.5. The Balaban J connectivity index is 1.19. The number of nitrogens with zero attached hydrogens (tertiary/aromatic N) is 3. The number of carbonyl (C=O) groups excluding carboxylic acids is 4. The summed E-state index contributed by atoms with van der Waals surface area (Å²) in [6.07, 6.45) is 1.01. The highest BCUT2D eigenvalue weighted by Gasteiger charge is 2.51. The lowest BCUT2D eigenvalue weighted by molar-refractivity contribution is -0.442. The number of methoxy groups -OCH3 is 1. The van der Waals surface area contributed by atoms with Gasteiger partial charge >= 0.3 is 5.97 Å². The summed E-state index contributed by atoms with van der Waals surface area (Å²) in [5, 5.41) is 11.8. The van der Waals surface area contributed by atoms with Crippen LogP contribution in [0.1, 0.15) is 70.4 Å². The lowest BCUT2D eigenvalue weighted by Gasteiger charge is -2.29. The summed E-state index contributed by atoms with van der Waals surface area (Å²) in [6.45, 7) is 7.05. The predicted octanol–water partition coefficient (Wildman–Crippen LogP) is 4.12. The molecule has 0 radical (unpaired) electrons. The molecule has 1 saturated heterocycles. The zero-order valence-electron chi connectivity index (χ0n) is 50.1. The molecule has 1 fully saturated rings. The standard InChI is InChI=1S/C57H67N3O27S5/c1-56(2)47(58(15-5-7-51(63)87-60-49(61)12-13-50(60)62)43-10-8-37-39(52(43)56)29-35(89(69,70)71)31-45(37)91(75,76)77)33-41-54(64)42(55(41)65)34-48-57(3,14-6-28-88(66,67)68)53-40-30-36(90(72,73)74)32-46(92(78,79)80)38(40)9-11-44(53)59(48)16-17-82-20-21-84-24-25-86-27-26-85-23-22-83-19-18-81-4/h8-11,29-34H,5-7,12-28H2,1-4H3,(H5-,64,65,66,67,68,69,70,71,72,73,74,75,76,77,78,79,80)/p+1. The van der Waals surface area contributed by atoms with Crippen LogP contribution in [0.3, 0.4) is 0 Å². The molecular weight excluding hydrogens is 1320 g/mol. The minimum absolute atomic E-state index is 0.0171. The maximum absolute atomic E-state index is 14.9. The number of allylic oxidation sites excluding steroid dienone is 5. The number of carbonyl (C=O) groups is 4. The number of hydrogen-bond acceptors (Lipinski definition) is 23. The molecule has 0 saturated carbocycles. The molecule has 4 aromatic carbocycles. The first-order chi connectivity index (χ1) is 43.0. The van der Waals surface area contributed by atoms with Crippen LogP contribution in [0.2, 0.25) is 0 Å².